The zero-order valence-electron chi connectivity index (χ0n) is 27.1. The Bertz CT molecular complexity index is 1740. The molecule has 1 atom stereocenters. The van der Waals surface area contributed by atoms with E-state index in [4.69, 9.17) is 32.9 Å². The van der Waals surface area contributed by atoms with Crippen molar-refractivity contribution in [3.63, 3.8) is 0 Å². The van der Waals surface area contributed by atoms with Crippen LogP contribution in [0.5, 0.6) is 6.01 Å². The van der Waals surface area contributed by atoms with Crippen molar-refractivity contribution in [3.8, 4) is 6.01 Å². The van der Waals surface area contributed by atoms with Crippen LogP contribution >= 0.6 is 11.6 Å². The van der Waals surface area contributed by atoms with Gasteiger partial charge in [0.25, 0.3) is 5.91 Å². The minimum atomic E-state index is -1.03. The molecular formula is C35H40ClF2N7O2. The van der Waals surface area contributed by atoms with Crippen LogP contribution in [0.15, 0.2) is 42.7 Å². The van der Waals surface area contributed by atoms with E-state index in [0.717, 1.165) is 41.7 Å². The molecule has 0 bridgehead atoms. The molecule has 3 heterocycles. The second-order valence-electron chi connectivity index (χ2n) is 13.3. The average Bonchev–Trinajstić information content (AvgIpc) is 3.83. The summed E-state index contributed by atoms with van der Waals surface area (Å²) in [6.07, 6.45) is 2.75. The summed E-state index contributed by atoms with van der Waals surface area (Å²) in [6, 6.07) is 9.09. The van der Waals surface area contributed by atoms with E-state index < -0.39 is 23.6 Å². The lowest BCUT2D eigenvalue weighted by Gasteiger charge is -2.41. The summed E-state index contributed by atoms with van der Waals surface area (Å²) in [5.74, 6) is -1.58. The van der Waals surface area contributed by atoms with Crippen molar-refractivity contribution in [2.45, 2.75) is 51.7 Å². The monoisotopic (exact) mass is 663 g/mol. The number of carbonyl (C=O) groups excluding carboxylic acids is 1. The van der Waals surface area contributed by atoms with Crippen molar-refractivity contribution in [2.24, 2.45) is 5.41 Å². The van der Waals surface area contributed by atoms with Gasteiger partial charge in [-0.3, -0.25) is 4.79 Å². The summed E-state index contributed by atoms with van der Waals surface area (Å²) in [5, 5.41) is 1.60. The Morgan fingerprint density at radius 1 is 1.21 bits per heavy atom. The number of aromatic nitrogens is 2. The topological polar surface area (TPSA) is 69.4 Å². The molecule has 12 heteroatoms. The van der Waals surface area contributed by atoms with Gasteiger partial charge in [-0.1, -0.05) is 36.4 Å². The number of anilines is 2. The zero-order chi connectivity index (χ0) is 33.5. The van der Waals surface area contributed by atoms with Crippen LogP contribution in [-0.4, -0.2) is 90.7 Å². The number of piperazine rings is 1. The van der Waals surface area contributed by atoms with Gasteiger partial charge >= 0.3 is 6.01 Å². The highest BCUT2D eigenvalue weighted by molar-refractivity contribution is 6.36. The predicted molar refractivity (Wildman–Crippen MR) is 180 cm³/mol. The zero-order valence-corrected chi connectivity index (χ0v) is 27.9. The molecular weight excluding hydrogens is 624 g/mol. The molecule has 0 spiro atoms. The lowest BCUT2D eigenvalue weighted by atomic mass is 10.0. The highest BCUT2D eigenvalue weighted by atomic mass is 35.5. The van der Waals surface area contributed by atoms with Gasteiger partial charge in [-0.15, -0.1) is 0 Å². The van der Waals surface area contributed by atoms with E-state index in [1.165, 1.54) is 11.0 Å². The van der Waals surface area contributed by atoms with Crippen LogP contribution in [0.1, 0.15) is 37.9 Å². The minimum absolute atomic E-state index is 0.0320. The molecule has 1 aromatic heterocycles. The van der Waals surface area contributed by atoms with Crippen LogP contribution in [0.4, 0.5) is 20.3 Å². The first-order chi connectivity index (χ1) is 22.5. The molecule has 6 rings (SSSR count). The van der Waals surface area contributed by atoms with E-state index in [0.29, 0.717) is 56.5 Å². The molecule has 2 aliphatic heterocycles. The number of hydrogen-bond acceptors (Lipinski definition) is 7. The Balaban J connectivity index is 1.34. The summed E-state index contributed by atoms with van der Waals surface area (Å²) in [6.45, 7) is 18.5. The summed E-state index contributed by atoms with van der Waals surface area (Å²) in [4.78, 5) is 33.9. The molecule has 248 valence electrons. The van der Waals surface area contributed by atoms with Crippen LogP contribution < -0.4 is 14.5 Å². The number of rotatable bonds is 10. The lowest BCUT2D eigenvalue weighted by Crippen LogP contribution is -2.57. The van der Waals surface area contributed by atoms with Crippen LogP contribution in [0.25, 0.3) is 15.6 Å². The number of halogens is 3. The SMILES string of the molecule is [C-]#[N+]C[C@H]1CN(c2nc(OCC3(CN(C)C(C)C)CC3)nc3c2CCN(c2cccc4ccc(F)c(Cl)c24)C3)CCN1C(=O)C(=C)F. The van der Waals surface area contributed by atoms with Gasteiger partial charge in [0.05, 0.1) is 23.9 Å². The first-order valence-corrected chi connectivity index (χ1v) is 16.5. The third-order valence-corrected chi connectivity index (χ3v) is 10.2. The maximum Gasteiger partial charge on any atom is 0.318 e. The first-order valence-electron chi connectivity index (χ1n) is 16.1. The first kappa shape index (κ1) is 32.9. The second-order valence-corrected chi connectivity index (χ2v) is 13.7. The third-order valence-electron chi connectivity index (χ3n) is 9.78. The molecule has 1 saturated carbocycles. The lowest BCUT2D eigenvalue weighted by molar-refractivity contribution is -0.131. The fraction of sp³-hybridized carbons (Fsp3) is 0.486. The van der Waals surface area contributed by atoms with Crippen molar-refractivity contribution in [3.05, 3.63) is 76.3 Å². The van der Waals surface area contributed by atoms with Gasteiger partial charge in [0, 0.05) is 60.8 Å². The maximum absolute atomic E-state index is 14.6. The van der Waals surface area contributed by atoms with Crippen molar-refractivity contribution >= 4 is 39.8 Å². The highest BCUT2D eigenvalue weighted by Gasteiger charge is 2.45. The molecule has 1 amide bonds. The second kappa shape index (κ2) is 13.2. The molecule has 9 nitrogen and oxygen atoms in total. The number of amides is 1. The molecule has 1 saturated heterocycles. The van der Waals surface area contributed by atoms with E-state index in [-0.39, 0.29) is 29.5 Å². The number of hydrogen-bond donors (Lipinski definition) is 0. The standard InChI is InChI=1S/C35H40ClF2N7O2/c1-22(2)42(5)20-35(12-13-35)21-47-34-40-28-19-43(29-8-6-7-24-9-10-27(38)31(36)30(24)29)14-11-26(28)32(41-34)44-15-16-45(33(46)23(3)37)25(18-44)17-39-4/h6-10,22,25H,3,11-21H2,1-2,5H3/t25-/m0/s1. The van der Waals surface area contributed by atoms with Gasteiger partial charge in [0.15, 0.2) is 5.83 Å². The molecule has 2 fully saturated rings. The Kier molecular flexibility index (Phi) is 9.27. The van der Waals surface area contributed by atoms with Gasteiger partial charge in [0.1, 0.15) is 17.7 Å². The number of nitrogens with zero attached hydrogens (tertiary/aromatic N) is 7. The summed E-state index contributed by atoms with van der Waals surface area (Å²) < 4.78 is 34.9. The van der Waals surface area contributed by atoms with Crippen LogP contribution in [-0.2, 0) is 17.8 Å². The minimum Gasteiger partial charge on any atom is -0.463 e. The fourth-order valence-electron chi connectivity index (χ4n) is 6.66. The molecule has 2 aromatic carbocycles. The number of carbonyl (C=O) groups is 1. The molecule has 0 radical (unpaired) electrons. The largest absolute Gasteiger partial charge is 0.463 e. The molecule has 3 aliphatic rings. The third kappa shape index (κ3) is 6.72. The Hall–Kier alpha value is -4.01. The van der Waals surface area contributed by atoms with Gasteiger partial charge in [0.2, 0.25) is 6.54 Å². The van der Waals surface area contributed by atoms with Crippen molar-refractivity contribution in [1.82, 2.24) is 19.8 Å². The van der Waals surface area contributed by atoms with Crippen LogP contribution in [0.2, 0.25) is 5.02 Å². The number of benzene rings is 2. The van der Waals surface area contributed by atoms with Crippen molar-refractivity contribution < 1.29 is 18.3 Å². The maximum atomic E-state index is 14.6. The van der Waals surface area contributed by atoms with Gasteiger partial charge in [-0.05, 0) is 57.7 Å². The molecule has 0 unspecified atom stereocenters. The van der Waals surface area contributed by atoms with Crippen molar-refractivity contribution in [1.29, 1.82) is 0 Å². The fourth-order valence-corrected chi connectivity index (χ4v) is 6.93. The smallest absolute Gasteiger partial charge is 0.318 e. The summed E-state index contributed by atoms with van der Waals surface area (Å²) >= 11 is 6.51. The van der Waals surface area contributed by atoms with Gasteiger partial charge < -0.3 is 29.2 Å². The van der Waals surface area contributed by atoms with Crippen LogP contribution in [0.3, 0.4) is 0 Å². The Morgan fingerprint density at radius 3 is 2.70 bits per heavy atom. The molecule has 0 N–H and O–H groups in total. The van der Waals surface area contributed by atoms with Crippen LogP contribution in [0, 0.1) is 17.8 Å². The molecule has 1 aliphatic carbocycles. The quantitative estimate of drug-likeness (QED) is 0.198. The summed E-state index contributed by atoms with van der Waals surface area (Å²) in [7, 11) is 2.13. The number of fused-ring (bicyclic) bond motifs is 2. The normalized spacial score (nSPS) is 18.8. The van der Waals surface area contributed by atoms with Gasteiger partial charge in [-0.2, -0.15) is 9.97 Å². The average molecular weight is 664 g/mol. The van der Waals surface area contributed by atoms with E-state index in [1.54, 1.807) is 6.07 Å². The van der Waals surface area contributed by atoms with E-state index >= 15 is 0 Å². The number of ether oxygens (including phenoxy) is 1. The Morgan fingerprint density at radius 2 is 2.00 bits per heavy atom. The summed E-state index contributed by atoms with van der Waals surface area (Å²) in [5.41, 5.74) is 2.63. The highest BCUT2D eigenvalue weighted by Crippen LogP contribution is 2.47. The van der Waals surface area contributed by atoms with E-state index in [2.05, 4.69) is 47.0 Å². The predicted octanol–water partition coefficient (Wildman–Crippen LogP) is 5.90. The van der Waals surface area contributed by atoms with E-state index in [9.17, 15) is 13.6 Å². The van der Waals surface area contributed by atoms with Gasteiger partial charge in [-0.25, -0.2) is 15.4 Å². The molecule has 47 heavy (non-hydrogen) atoms. The van der Waals surface area contributed by atoms with Crippen molar-refractivity contribution in [2.75, 3.05) is 62.7 Å². The van der Waals surface area contributed by atoms with E-state index in [1.807, 2.05) is 18.2 Å². The molecule has 3 aromatic rings. The Labute approximate surface area is 279 Å².